The van der Waals surface area contributed by atoms with Crippen molar-refractivity contribution in [2.24, 2.45) is 0 Å². The van der Waals surface area contributed by atoms with Crippen molar-refractivity contribution in [1.82, 2.24) is 9.97 Å². The fourth-order valence-electron chi connectivity index (χ4n) is 3.19. The zero-order valence-electron chi connectivity index (χ0n) is 16.6. The number of fused-ring (bicyclic) bond motifs is 1. The molecule has 1 aromatic carbocycles. The molecule has 0 radical (unpaired) electrons. The summed E-state index contributed by atoms with van der Waals surface area (Å²) in [6, 6.07) is 10.8. The van der Waals surface area contributed by atoms with Gasteiger partial charge in [-0.15, -0.1) is 11.3 Å². The van der Waals surface area contributed by atoms with Gasteiger partial charge >= 0.3 is 0 Å². The van der Waals surface area contributed by atoms with Crippen molar-refractivity contribution in [3.05, 3.63) is 59.2 Å². The second kappa shape index (κ2) is 8.00. The average molecular weight is 421 g/mol. The molecule has 8 heteroatoms. The molecule has 4 aromatic rings. The van der Waals surface area contributed by atoms with Crippen molar-refractivity contribution >= 4 is 33.0 Å². The highest BCUT2D eigenvalue weighted by Crippen LogP contribution is 2.41. The Morgan fingerprint density at radius 2 is 1.63 bits per heavy atom. The van der Waals surface area contributed by atoms with Crippen molar-refractivity contribution in [3.8, 4) is 28.5 Å². The van der Waals surface area contributed by atoms with E-state index < -0.39 is 0 Å². The Labute approximate surface area is 177 Å². The molecular weight excluding hydrogens is 402 g/mol. The molecule has 0 aliphatic carbocycles. The van der Waals surface area contributed by atoms with Crippen molar-refractivity contribution in [3.63, 3.8) is 0 Å². The van der Waals surface area contributed by atoms with Crippen LogP contribution in [-0.4, -0.2) is 37.1 Å². The lowest BCUT2D eigenvalue weighted by atomic mass is 10.1. The first-order valence-corrected chi connectivity index (χ1v) is 9.83. The van der Waals surface area contributed by atoms with E-state index in [-0.39, 0.29) is 5.78 Å². The Hall–Kier alpha value is -3.65. The summed E-state index contributed by atoms with van der Waals surface area (Å²) >= 11 is 1.26. The summed E-state index contributed by atoms with van der Waals surface area (Å²) in [6.07, 6.45) is 3.42. The van der Waals surface area contributed by atoms with Gasteiger partial charge in [0.15, 0.2) is 11.5 Å². The van der Waals surface area contributed by atoms with Crippen molar-refractivity contribution < 1.29 is 19.0 Å². The van der Waals surface area contributed by atoms with E-state index in [1.54, 1.807) is 24.5 Å². The molecule has 7 nitrogen and oxygen atoms in total. The molecule has 0 bridgehead atoms. The third-order valence-electron chi connectivity index (χ3n) is 4.70. The van der Waals surface area contributed by atoms with Crippen LogP contribution in [0.15, 0.2) is 48.8 Å². The van der Waals surface area contributed by atoms with Gasteiger partial charge in [-0.25, -0.2) is 4.98 Å². The van der Waals surface area contributed by atoms with Crippen LogP contribution in [-0.2, 0) is 0 Å². The summed E-state index contributed by atoms with van der Waals surface area (Å²) in [5.41, 5.74) is 8.84. The maximum atomic E-state index is 13.3. The molecule has 4 rings (SSSR count). The molecule has 3 heterocycles. The third kappa shape index (κ3) is 3.31. The van der Waals surface area contributed by atoms with Crippen LogP contribution < -0.4 is 19.9 Å². The van der Waals surface area contributed by atoms with Gasteiger partial charge in [0.05, 0.1) is 32.7 Å². The number of hydrogen-bond acceptors (Lipinski definition) is 8. The van der Waals surface area contributed by atoms with Gasteiger partial charge in [-0.2, -0.15) is 0 Å². The Bertz CT molecular complexity index is 1210. The van der Waals surface area contributed by atoms with E-state index in [2.05, 4.69) is 9.97 Å². The molecule has 30 heavy (non-hydrogen) atoms. The largest absolute Gasteiger partial charge is 0.493 e. The Balaban J connectivity index is 1.80. The number of pyridine rings is 2. The van der Waals surface area contributed by atoms with E-state index in [0.29, 0.717) is 38.2 Å². The molecule has 2 N–H and O–H groups in total. The number of nitrogens with zero attached hydrogens (tertiary/aromatic N) is 2. The molecule has 0 amide bonds. The van der Waals surface area contributed by atoms with Crippen LogP contribution in [0, 0.1) is 0 Å². The molecule has 0 aliphatic heterocycles. The number of nitrogens with two attached hydrogens (primary N) is 1. The summed E-state index contributed by atoms with van der Waals surface area (Å²) in [5.74, 6) is 0.987. The number of nitrogen functional groups attached to an aromatic ring is 1. The number of ketones is 1. The summed E-state index contributed by atoms with van der Waals surface area (Å²) < 4.78 is 16.0. The highest BCUT2D eigenvalue weighted by atomic mass is 32.1. The quantitative estimate of drug-likeness (QED) is 0.466. The van der Waals surface area contributed by atoms with E-state index in [1.165, 1.54) is 32.7 Å². The van der Waals surface area contributed by atoms with Crippen LogP contribution in [0.2, 0.25) is 0 Å². The van der Waals surface area contributed by atoms with E-state index >= 15 is 0 Å². The fraction of sp³-hybridized carbons (Fsp3) is 0.136. The van der Waals surface area contributed by atoms with Crippen molar-refractivity contribution in [1.29, 1.82) is 0 Å². The minimum Gasteiger partial charge on any atom is -0.493 e. The van der Waals surface area contributed by atoms with Gasteiger partial charge in [-0.1, -0.05) is 0 Å². The van der Waals surface area contributed by atoms with Gasteiger partial charge in [-0.3, -0.25) is 9.78 Å². The monoisotopic (exact) mass is 421 g/mol. The molecule has 0 spiro atoms. The molecule has 0 saturated carbocycles. The molecule has 152 valence electrons. The van der Waals surface area contributed by atoms with Gasteiger partial charge in [-0.05, 0) is 36.4 Å². The lowest BCUT2D eigenvalue weighted by Crippen LogP contribution is -2.04. The molecule has 0 aliphatic rings. The second-order valence-corrected chi connectivity index (χ2v) is 7.37. The minimum absolute atomic E-state index is 0.236. The van der Waals surface area contributed by atoms with Crippen LogP contribution in [0.5, 0.6) is 17.2 Å². The number of aromatic nitrogens is 2. The predicted molar refractivity (Wildman–Crippen MR) is 117 cm³/mol. The number of ether oxygens (including phenoxy) is 3. The fourth-order valence-corrected chi connectivity index (χ4v) is 4.25. The number of carbonyl (C=O) groups excluding carboxylic acids is 1. The highest BCUT2D eigenvalue weighted by molar-refractivity contribution is 7.21. The van der Waals surface area contributed by atoms with Gasteiger partial charge in [0.1, 0.15) is 9.71 Å². The number of rotatable bonds is 6. The number of carbonyl (C=O) groups is 1. The van der Waals surface area contributed by atoms with Crippen LogP contribution in [0.1, 0.15) is 15.2 Å². The normalized spacial score (nSPS) is 10.8. The van der Waals surface area contributed by atoms with Crippen LogP contribution in [0.25, 0.3) is 21.5 Å². The summed E-state index contributed by atoms with van der Waals surface area (Å²) in [6.45, 7) is 0. The number of thiophene rings is 1. The standard InChI is InChI=1S/C22H19N3O4S/c1-27-16-10-13(11-17(28-2)20(16)29-3)19(26)21-18(23)14-4-5-15(25-22(14)30-21)12-6-8-24-9-7-12/h4-11H,23H2,1-3H3. The number of methoxy groups -OCH3 is 3. The summed E-state index contributed by atoms with van der Waals surface area (Å²) in [7, 11) is 4.52. The first-order chi connectivity index (χ1) is 14.6. The SMILES string of the molecule is COc1cc(C(=O)c2sc3nc(-c4ccncc4)ccc3c2N)cc(OC)c1OC. The van der Waals surface area contributed by atoms with Gasteiger partial charge < -0.3 is 19.9 Å². The Kier molecular flexibility index (Phi) is 5.24. The first kappa shape index (κ1) is 19.7. The summed E-state index contributed by atoms with van der Waals surface area (Å²) in [4.78, 5) is 23.1. The molecule has 0 unspecified atom stereocenters. The number of anilines is 1. The topological polar surface area (TPSA) is 96.6 Å². The third-order valence-corrected chi connectivity index (χ3v) is 5.82. The van der Waals surface area contributed by atoms with Gasteiger partial charge in [0.2, 0.25) is 11.5 Å². The Morgan fingerprint density at radius 1 is 0.967 bits per heavy atom. The maximum Gasteiger partial charge on any atom is 0.205 e. The lowest BCUT2D eigenvalue weighted by molar-refractivity contribution is 0.104. The number of hydrogen-bond donors (Lipinski definition) is 1. The highest BCUT2D eigenvalue weighted by Gasteiger charge is 2.23. The first-order valence-electron chi connectivity index (χ1n) is 9.01. The predicted octanol–water partition coefficient (Wildman–Crippen LogP) is 4.20. The lowest BCUT2D eigenvalue weighted by Gasteiger charge is -2.13. The van der Waals surface area contributed by atoms with E-state index in [9.17, 15) is 4.79 Å². The average Bonchev–Trinajstić information content (AvgIpc) is 3.13. The minimum atomic E-state index is -0.236. The number of benzene rings is 1. The molecule has 0 saturated heterocycles. The van der Waals surface area contributed by atoms with E-state index in [0.717, 1.165) is 16.6 Å². The molecule has 3 aromatic heterocycles. The van der Waals surface area contributed by atoms with Crippen LogP contribution in [0.3, 0.4) is 0 Å². The molecular formula is C22H19N3O4S. The zero-order chi connectivity index (χ0) is 21.3. The second-order valence-electron chi connectivity index (χ2n) is 6.37. The smallest absolute Gasteiger partial charge is 0.205 e. The molecule has 0 atom stereocenters. The van der Waals surface area contributed by atoms with Crippen LogP contribution >= 0.6 is 11.3 Å². The van der Waals surface area contributed by atoms with Crippen LogP contribution in [0.4, 0.5) is 5.69 Å². The maximum absolute atomic E-state index is 13.3. The van der Waals surface area contributed by atoms with Crippen molar-refractivity contribution in [2.45, 2.75) is 0 Å². The summed E-state index contributed by atoms with van der Waals surface area (Å²) in [5, 5.41) is 0.744. The van der Waals surface area contributed by atoms with Gasteiger partial charge in [0.25, 0.3) is 0 Å². The Morgan fingerprint density at radius 3 is 2.23 bits per heavy atom. The molecule has 0 fully saturated rings. The van der Waals surface area contributed by atoms with Crippen molar-refractivity contribution in [2.75, 3.05) is 27.1 Å². The van der Waals surface area contributed by atoms with E-state index in [1.807, 2.05) is 24.3 Å². The van der Waals surface area contributed by atoms with Gasteiger partial charge in [0, 0.05) is 28.9 Å². The van der Waals surface area contributed by atoms with E-state index in [4.69, 9.17) is 19.9 Å². The zero-order valence-corrected chi connectivity index (χ0v) is 17.4.